The van der Waals surface area contributed by atoms with Gasteiger partial charge in [0.05, 0.1) is 4.47 Å². The van der Waals surface area contributed by atoms with Crippen molar-refractivity contribution < 1.29 is 4.39 Å². The first-order chi connectivity index (χ1) is 9.54. The molecule has 1 saturated carbocycles. The molecule has 2 N–H and O–H groups in total. The molecule has 1 nitrogen and oxygen atoms in total. The number of nitrogens with two attached hydrogens (primary N) is 1. The lowest BCUT2D eigenvalue weighted by atomic mass is 9.84. The molecule has 1 fully saturated rings. The van der Waals surface area contributed by atoms with Crippen LogP contribution in [0.2, 0.25) is 0 Å². The van der Waals surface area contributed by atoms with Crippen LogP contribution in [0, 0.1) is 11.7 Å². The van der Waals surface area contributed by atoms with Crippen LogP contribution in [0.3, 0.4) is 0 Å². The monoisotopic (exact) mass is 341 g/mol. The van der Waals surface area contributed by atoms with Gasteiger partial charge in [-0.15, -0.1) is 0 Å². The van der Waals surface area contributed by atoms with E-state index in [0.29, 0.717) is 4.47 Å². The van der Waals surface area contributed by atoms with Crippen LogP contribution >= 0.6 is 15.9 Å². The first-order valence-electron chi connectivity index (χ1n) is 7.76. The average molecular weight is 342 g/mol. The highest BCUT2D eigenvalue weighted by molar-refractivity contribution is 9.10. The Kier molecular flexibility index (Phi) is 5.62. The van der Waals surface area contributed by atoms with Gasteiger partial charge in [-0.1, -0.05) is 44.7 Å². The summed E-state index contributed by atoms with van der Waals surface area (Å²) in [7, 11) is 0. The molecule has 1 aromatic rings. The molecule has 0 heterocycles. The van der Waals surface area contributed by atoms with E-state index in [4.69, 9.17) is 5.73 Å². The lowest BCUT2D eigenvalue weighted by molar-refractivity contribution is 0.354. The molecule has 1 aliphatic rings. The minimum atomic E-state index is -0.191. The van der Waals surface area contributed by atoms with Gasteiger partial charge in [-0.25, -0.2) is 4.39 Å². The largest absolute Gasteiger partial charge is 0.325 e. The van der Waals surface area contributed by atoms with Crippen LogP contribution in [0.4, 0.5) is 4.39 Å². The molecular weight excluding hydrogens is 317 g/mol. The number of hydrogen-bond acceptors (Lipinski definition) is 1. The number of benzene rings is 1. The Morgan fingerprint density at radius 1 is 1.35 bits per heavy atom. The highest BCUT2D eigenvalue weighted by Crippen LogP contribution is 2.34. The summed E-state index contributed by atoms with van der Waals surface area (Å²) in [6.45, 7) is 2.25. The summed E-state index contributed by atoms with van der Waals surface area (Å²) in [5.74, 6) is 0.643. The average Bonchev–Trinajstić information content (AvgIpc) is 2.59. The van der Waals surface area contributed by atoms with E-state index in [0.717, 1.165) is 30.7 Å². The fourth-order valence-corrected chi connectivity index (χ4v) is 3.85. The summed E-state index contributed by atoms with van der Waals surface area (Å²) in [6.07, 6.45) is 9.18. The predicted molar refractivity (Wildman–Crippen MR) is 86.2 cm³/mol. The SMILES string of the molecule is CCCC1CCCC(N)(Cc2cccc(F)c2Br)CC1. The van der Waals surface area contributed by atoms with Gasteiger partial charge in [0.1, 0.15) is 5.82 Å². The van der Waals surface area contributed by atoms with Crippen molar-refractivity contribution in [2.24, 2.45) is 11.7 Å². The first-order valence-corrected chi connectivity index (χ1v) is 8.55. The van der Waals surface area contributed by atoms with E-state index in [1.165, 1.54) is 38.2 Å². The highest BCUT2D eigenvalue weighted by atomic mass is 79.9. The van der Waals surface area contributed by atoms with Crippen molar-refractivity contribution in [1.82, 2.24) is 0 Å². The lowest BCUT2D eigenvalue weighted by Gasteiger charge is -2.29. The second kappa shape index (κ2) is 7.04. The van der Waals surface area contributed by atoms with Crippen molar-refractivity contribution in [3.8, 4) is 0 Å². The van der Waals surface area contributed by atoms with Gasteiger partial charge in [0.25, 0.3) is 0 Å². The third kappa shape index (κ3) is 4.05. The minimum Gasteiger partial charge on any atom is -0.325 e. The van der Waals surface area contributed by atoms with Crippen molar-refractivity contribution in [3.05, 3.63) is 34.1 Å². The number of rotatable bonds is 4. The summed E-state index contributed by atoms with van der Waals surface area (Å²) in [4.78, 5) is 0. The first kappa shape index (κ1) is 16.0. The van der Waals surface area contributed by atoms with Gasteiger partial charge < -0.3 is 5.73 Å². The summed E-state index contributed by atoms with van der Waals surface area (Å²) in [5.41, 5.74) is 7.46. The summed E-state index contributed by atoms with van der Waals surface area (Å²) in [5, 5.41) is 0. The predicted octanol–water partition coefficient (Wildman–Crippen LogP) is 5.21. The summed E-state index contributed by atoms with van der Waals surface area (Å²) < 4.78 is 14.2. The molecule has 0 saturated heterocycles. The molecule has 0 aliphatic heterocycles. The van der Waals surface area contributed by atoms with Gasteiger partial charge in [0.15, 0.2) is 0 Å². The fourth-order valence-electron chi connectivity index (χ4n) is 3.44. The van der Waals surface area contributed by atoms with E-state index in [-0.39, 0.29) is 11.4 Å². The van der Waals surface area contributed by atoms with E-state index >= 15 is 0 Å². The van der Waals surface area contributed by atoms with Gasteiger partial charge in [-0.2, -0.15) is 0 Å². The Labute approximate surface area is 130 Å². The molecule has 1 aromatic carbocycles. The topological polar surface area (TPSA) is 26.0 Å². The van der Waals surface area contributed by atoms with Crippen LogP contribution in [0.1, 0.15) is 57.4 Å². The zero-order valence-corrected chi connectivity index (χ0v) is 13.9. The van der Waals surface area contributed by atoms with Crippen molar-refractivity contribution in [2.75, 3.05) is 0 Å². The molecule has 0 spiro atoms. The van der Waals surface area contributed by atoms with Crippen LogP contribution in [-0.2, 0) is 6.42 Å². The van der Waals surface area contributed by atoms with Gasteiger partial charge >= 0.3 is 0 Å². The molecule has 2 atom stereocenters. The standard InChI is InChI=1S/C17H25BrFN/c1-2-5-13-6-4-10-17(20,11-9-13)12-14-7-3-8-15(19)16(14)18/h3,7-8,13H,2,4-6,9-12,20H2,1H3. The molecule has 0 aromatic heterocycles. The van der Waals surface area contributed by atoms with Crippen molar-refractivity contribution in [1.29, 1.82) is 0 Å². The maximum atomic E-state index is 13.6. The normalized spacial score (nSPS) is 27.3. The molecule has 0 radical (unpaired) electrons. The quantitative estimate of drug-likeness (QED) is 0.747. The van der Waals surface area contributed by atoms with E-state index in [1.807, 2.05) is 6.07 Å². The molecule has 2 rings (SSSR count). The lowest BCUT2D eigenvalue weighted by Crippen LogP contribution is -2.41. The van der Waals surface area contributed by atoms with Crippen LogP contribution < -0.4 is 5.73 Å². The van der Waals surface area contributed by atoms with Gasteiger partial charge in [-0.3, -0.25) is 0 Å². The third-order valence-corrected chi connectivity index (χ3v) is 5.50. The minimum absolute atomic E-state index is 0.168. The van der Waals surface area contributed by atoms with Gasteiger partial charge in [0.2, 0.25) is 0 Å². The maximum Gasteiger partial charge on any atom is 0.137 e. The molecule has 112 valence electrons. The molecule has 0 amide bonds. The Morgan fingerprint density at radius 3 is 2.90 bits per heavy atom. The number of hydrogen-bond donors (Lipinski definition) is 1. The Balaban J connectivity index is 2.05. The van der Waals surface area contributed by atoms with Gasteiger partial charge in [-0.05, 0) is 59.2 Å². The zero-order valence-electron chi connectivity index (χ0n) is 12.3. The van der Waals surface area contributed by atoms with Crippen molar-refractivity contribution >= 4 is 15.9 Å². The van der Waals surface area contributed by atoms with Crippen LogP contribution in [0.5, 0.6) is 0 Å². The molecule has 0 bridgehead atoms. The van der Waals surface area contributed by atoms with Gasteiger partial charge in [0, 0.05) is 5.54 Å². The maximum absolute atomic E-state index is 13.6. The van der Waals surface area contributed by atoms with Crippen LogP contribution in [0.15, 0.2) is 22.7 Å². The molecular formula is C17H25BrFN. The number of halogens is 2. The van der Waals surface area contributed by atoms with E-state index < -0.39 is 0 Å². The Morgan fingerprint density at radius 2 is 2.15 bits per heavy atom. The van der Waals surface area contributed by atoms with E-state index in [9.17, 15) is 4.39 Å². The zero-order chi connectivity index (χ0) is 14.6. The second-order valence-corrected chi connectivity index (χ2v) is 7.13. The van der Waals surface area contributed by atoms with Crippen molar-refractivity contribution in [3.63, 3.8) is 0 Å². The van der Waals surface area contributed by atoms with Crippen LogP contribution in [-0.4, -0.2) is 5.54 Å². The highest BCUT2D eigenvalue weighted by Gasteiger charge is 2.30. The molecule has 3 heteroatoms. The van der Waals surface area contributed by atoms with E-state index in [1.54, 1.807) is 6.07 Å². The fraction of sp³-hybridized carbons (Fsp3) is 0.647. The Bertz CT molecular complexity index is 449. The second-order valence-electron chi connectivity index (χ2n) is 6.34. The molecule has 1 aliphatic carbocycles. The van der Waals surface area contributed by atoms with Crippen molar-refractivity contribution in [2.45, 2.75) is 63.8 Å². The molecule has 2 unspecified atom stereocenters. The molecule has 20 heavy (non-hydrogen) atoms. The summed E-state index contributed by atoms with van der Waals surface area (Å²) >= 11 is 3.36. The smallest absolute Gasteiger partial charge is 0.137 e. The van der Waals surface area contributed by atoms with E-state index in [2.05, 4.69) is 22.9 Å². The third-order valence-electron chi connectivity index (χ3n) is 4.61. The summed E-state index contributed by atoms with van der Waals surface area (Å²) in [6, 6.07) is 5.24. The van der Waals surface area contributed by atoms with Crippen LogP contribution in [0.25, 0.3) is 0 Å². The Hall–Kier alpha value is -0.410.